The van der Waals surface area contributed by atoms with Crippen LogP contribution < -0.4 is 15.4 Å². The van der Waals surface area contributed by atoms with Crippen LogP contribution >= 0.6 is 0 Å². The largest absolute Gasteiger partial charge is 0.494 e. The monoisotopic (exact) mass is 487 g/mol. The van der Waals surface area contributed by atoms with E-state index in [-0.39, 0.29) is 41.7 Å². The summed E-state index contributed by atoms with van der Waals surface area (Å²) in [6.45, 7) is 4.83. The second-order valence-electron chi connectivity index (χ2n) is 9.77. The van der Waals surface area contributed by atoms with Crippen molar-refractivity contribution in [1.29, 1.82) is 0 Å². The normalized spacial score (nSPS) is 28.5. The molecule has 0 bridgehead atoms. The standard InChI is InChI=1S/C27H38FN3O4/c1-6-8-21-18-13-25(35-5)24(34-4)12-17(18)19(27(32)31-21)10-16-9-15-11-23(33-3)20(28)14-22(15)30-26(16)29-7-2/h9,11,14,17-19,21,24-25H,6-8,10,12-13H2,1-5H3,(H,29,30)(H,31,32). The first-order chi connectivity index (χ1) is 16.9. The summed E-state index contributed by atoms with van der Waals surface area (Å²) in [5.41, 5.74) is 1.50. The molecule has 0 spiro atoms. The number of benzene rings is 1. The lowest BCUT2D eigenvalue weighted by atomic mass is 9.63. The summed E-state index contributed by atoms with van der Waals surface area (Å²) in [6, 6.07) is 5.23. The van der Waals surface area contributed by atoms with E-state index < -0.39 is 5.82 Å². The average molecular weight is 488 g/mol. The number of aromatic nitrogens is 1. The van der Waals surface area contributed by atoms with E-state index in [1.807, 2.05) is 13.0 Å². The van der Waals surface area contributed by atoms with E-state index >= 15 is 0 Å². The highest BCUT2D eigenvalue weighted by atomic mass is 19.1. The lowest BCUT2D eigenvalue weighted by molar-refractivity contribution is -0.144. The van der Waals surface area contributed by atoms with Crippen LogP contribution in [-0.2, 0) is 20.7 Å². The number of carbonyl (C=O) groups is 1. The highest BCUT2D eigenvalue weighted by Crippen LogP contribution is 2.44. The van der Waals surface area contributed by atoms with Crippen LogP contribution in [0.25, 0.3) is 10.9 Å². The van der Waals surface area contributed by atoms with Gasteiger partial charge in [0.15, 0.2) is 11.6 Å². The number of ether oxygens (including phenoxy) is 3. The summed E-state index contributed by atoms with van der Waals surface area (Å²) in [4.78, 5) is 18.2. The SMILES string of the molecule is CCCC1NC(=O)C(Cc2cc3cc(OC)c(F)cc3nc2NCC)C2CC(OC)C(OC)CC12. The van der Waals surface area contributed by atoms with Gasteiger partial charge in [-0.05, 0) is 62.1 Å². The summed E-state index contributed by atoms with van der Waals surface area (Å²) in [5, 5.41) is 7.44. The molecular formula is C27H38FN3O4. The van der Waals surface area contributed by atoms with E-state index in [9.17, 15) is 9.18 Å². The van der Waals surface area contributed by atoms with Crippen LogP contribution in [0.2, 0.25) is 0 Å². The van der Waals surface area contributed by atoms with Crippen molar-refractivity contribution in [2.45, 2.75) is 64.2 Å². The van der Waals surface area contributed by atoms with Crippen LogP contribution in [0, 0.1) is 23.6 Å². The van der Waals surface area contributed by atoms with Gasteiger partial charge in [-0.15, -0.1) is 0 Å². The van der Waals surface area contributed by atoms with Gasteiger partial charge in [-0.1, -0.05) is 13.3 Å². The van der Waals surface area contributed by atoms with Crippen LogP contribution in [0.4, 0.5) is 10.2 Å². The molecule has 4 rings (SSSR count). The molecule has 6 atom stereocenters. The number of methoxy groups -OCH3 is 3. The van der Waals surface area contributed by atoms with Crippen molar-refractivity contribution < 1.29 is 23.4 Å². The summed E-state index contributed by atoms with van der Waals surface area (Å²) in [7, 11) is 4.92. The zero-order valence-electron chi connectivity index (χ0n) is 21.4. The Labute approximate surface area is 207 Å². The number of hydrogen-bond acceptors (Lipinski definition) is 6. The molecular weight excluding hydrogens is 449 g/mol. The van der Waals surface area contributed by atoms with Gasteiger partial charge in [-0.25, -0.2) is 9.37 Å². The van der Waals surface area contributed by atoms with Crippen molar-refractivity contribution in [2.75, 3.05) is 33.2 Å². The molecule has 2 N–H and O–H groups in total. The minimum absolute atomic E-state index is 0.0262. The van der Waals surface area contributed by atoms with Gasteiger partial charge in [0, 0.05) is 44.2 Å². The minimum atomic E-state index is -0.445. The first kappa shape index (κ1) is 25.6. The van der Waals surface area contributed by atoms with Crippen molar-refractivity contribution in [3.05, 3.63) is 29.6 Å². The summed E-state index contributed by atoms with van der Waals surface area (Å²) in [6.07, 6.45) is 4.17. The number of halogens is 1. The number of carbonyl (C=O) groups excluding carboxylic acids is 1. The maximum absolute atomic E-state index is 14.3. The van der Waals surface area contributed by atoms with Gasteiger partial charge in [0.2, 0.25) is 5.91 Å². The van der Waals surface area contributed by atoms with Crippen LogP contribution in [0.3, 0.4) is 0 Å². The Bertz CT molecular complexity index is 1050. The number of piperidine rings is 1. The Kier molecular flexibility index (Phi) is 8.12. The predicted octanol–water partition coefficient (Wildman–Crippen LogP) is 4.33. The molecule has 6 unspecified atom stereocenters. The van der Waals surface area contributed by atoms with Gasteiger partial charge in [0.1, 0.15) is 5.82 Å². The van der Waals surface area contributed by atoms with Crippen molar-refractivity contribution in [1.82, 2.24) is 10.3 Å². The molecule has 1 saturated heterocycles. The number of rotatable bonds is 9. The first-order valence-electron chi connectivity index (χ1n) is 12.7. The molecule has 2 aliphatic rings. The van der Waals surface area contributed by atoms with E-state index in [1.165, 1.54) is 13.2 Å². The van der Waals surface area contributed by atoms with Gasteiger partial charge in [-0.3, -0.25) is 4.79 Å². The molecule has 1 aromatic carbocycles. The maximum Gasteiger partial charge on any atom is 0.223 e. The molecule has 2 aromatic rings. The minimum Gasteiger partial charge on any atom is -0.494 e. The van der Waals surface area contributed by atoms with Crippen molar-refractivity contribution in [3.8, 4) is 5.75 Å². The summed E-state index contributed by atoms with van der Waals surface area (Å²) < 4.78 is 31.1. The fraction of sp³-hybridized carbons (Fsp3) is 0.630. The first-order valence-corrected chi connectivity index (χ1v) is 12.7. The number of anilines is 1. The highest BCUT2D eigenvalue weighted by molar-refractivity contribution is 5.85. The summed E-state index contributed by atoms with van der Waals surface area (Å²) in [5.74, 6) is 0.833. The second-order valence-corrected chi connectivity index (χ2v) is 9.77. The zero-order valence-corrected chi connectivity index (χ0v) is 21.4. The number of nitrogens with zero attached hydrogens (tertiary/aromatic N) is 1. The van der Waals surface area contributed by atoms with Crippen LogP contribution in [-0.4, -0.2) is 57.0 Å². The third-order valence-corrected chi connectivity index (χ3v) is 7.83. The Morgan fingerprint density at radius 3 is 2.43 bits per heavy atom. The van der Waals surface area contributed by atoms with Crippen LogP contribution in [0.15, 0.2) is 18.2 Å². The number of nitrogens with one attached hydrogen (secondary N) is 2. The lowest BCUT2D eigenvalue weighted by Crippen LogP contribution is -2.59. The van der Waals surface area contributed by atoms with Crippen molar-refractivity contribution >= 4 is 22.6 Å². The van der Waals surface area contributed by atoms with E-state index in [1.54, 1.807) is 20.3 Å². The molecule has 0 radical (unpaired) electrons. The second kappa shape index (κ2) is 11.1. The molecule has 35 heavy (non-hydrogen) atoms. The molecule has 1 saturated carbocycles. The topological polar surface area (TPSA) is 81.7 Å². The fourth-order valence-electron chi connectivity index (χ4n) is 6.13. The Hall–Kier alpha value is -2.45. The van der Waals surface area contributed by atoms with E-state index in [2.05, 4.69) is 17.6 Å². The third kappa shape index (κ3) is 5.09. The zero-order chi connectivity index (χ0) is 25.1. The highest BCUT2D eigenvalue weighted by Gasteiger charge is 2.49. The lowest BCUT2D eigenvalue weighted by Gasteiger charge is -2.49. The summed E-state index contributed by atoms with van der Waals surface area (Å²) >= 11 is 0. The molecule has 2 fully saturated rings. The van der Waals surface area contributed by atoms with Crippen LogP contribution in [0.1, 0.15) is 45.1 Å². The van der Waals surface area contributed by atoms with Gasteiger partial charge in [0.25, 0.3) is 0 Å². The van der Waals surface area contributed by atoms with Crippen LogP contribution in [0.5, 0.6) is 5.75 Å². The molecule has 7 nitrogen and oxygen atoms in total. The Balaban J connectivity index is 1.71. The van der Waals surface area contributed by atoms with Gasteiger partial charge in [0.05, 0.1) is 24.8 Å². The predicted molar refractivity (Wildman–Crippen MR) is 134 cm³/mol. The number of amides is 1. The van der Waals surface area contributed by atoms with Gasteiger partial charge >= 0.3 is 0 Å². The van der Waals surface area contributed by atoms with Gasteiger partial charge < -0.3 is 24.8 Å². The van der Waals surface area contributed by atoms with E-state index in [0.717, 1.165) is 36.6 Å². The van der Waals surface area contributed by atoms with Crippen molar-refractivity contribution in [2.24, 2.45) is 17.8 Å². The molecule has 2 heterocycles. The fourth-order valence-corrected chi connectivity index (χ4v) is 6.13. The number of fused-ring (bicyclic) bond motifs is 2. The van der Waals surface area contributed by atoms with Gasteiger partial charge in [-0.2, -0.15) is 0 Å². The Morgan fingerprint density at radius 2 is 1.80 bits per heavy atom. The molecule has 1 amide bonds. The molecule has 1 aromatic heterocycles. The van der Waals surface area contributed by atoms with Crippen molar-refractivity contribution in [3.63, 3.8) is 0 Å². The smallest absolute Gasteiger partial charge is 0.223 e. The molecule has 1 aliphatic heterocycles. The maximum atomic E-state index is 14.3. The molecule has 192 valence electrons. The number of hydrogen-bond donors (Lipinski definition) is 2. The quantitative estimate of drug-likeness (QED) is 0.548. The van der Waals surface area contributed by atoms with E-state index in [0.29, 0.717) is 30.2 Å². The number of pyridine rings is 1. The Morgan fingerprint density at radius 1 is 1.09 bits per heavy atom. The third-order valence-electron chi connectivity index (χ3n) is 7.83. The molecule has 8 heteroatoms. The average Bonchev–Trinajstić information content (AvgIpc) is 2.85. The van der Waals surface area contributed by atoms with E-state index in [4.69, 9.17) is 19.2 Å². The molecule has 1 aliphatic carbocycles.